The van der Waals surface area contributed by atoms with E-state index < -0.39 is 0 Å². The second-order valence-corrected chi connectivity index (χ2v) is 5.30. The molecule has 2 nitrogen and oxygen atoms in total. The Balaban J connectivity index is 2.39. The highest BCUT2D eigenvalue weighted by Gasteiger charge is 2.10. The lowest BCUT2D eigenvalue weighted by molar-refractivity contribution is 0.815. The van der Waals surface area contributed by atoms with Crippen LogP contribution in [0.1, 0.15) is 17.5 Å². The molecule has 0 aliphatic heterocycles. The maximum Gasteiger partial charge on any atom is 0.123 e. The summed E-state index contributed by atoms with van der Waals surface area (Å²) in [6.07, 6.45) is 0.966. The molecule has 0 amide bonds. The van der Waals surface area contributed by atoms with Crippen molar-refractivity contribution < 1.29 is 0 Å². The van der Waals surface area contributed by atoms with Gasteiger partial charge in [0.2, 0.25) is 0 Å². The fraction of sp³-hybridized carbons (Fsp3) is 0.308. The van der Waals surface area contributed by atoms with Gasteiger partial charge in [0.1, 0.15) is 5.01 Å². The summed E-state index contributed by atoms with van der Waals surface area (Å²) in [6.45, 7) is 3.01. The molecule has 2 aromatic rings. The number of aromatic nitrogens is 1. The predicted molar refractivity (Wildman–Crippen MR) is 74.7 cm³/mol. The maximum atomic E-state index is 6.00. The standard InChI is InChI=1S/C13H15ClN2S/c1-3-11-12(8-15-2)17-13(16-11)9-5-4-6-10(14)7-9/h4-7,15H,3,8H2,1-2H3. The van der Waals surface area contributed by atoms with E-state index in [-0.39, 0.29) is 0 Å². The number of hydrogen-bond donors (Lipinski definition) is 1. The van der Waals surface area contributed by atoms with Crippen LogP contribution in [0.25, 0.3) is 10.6 Å². The molecule has 90 valence electrons. The van der Waals surface area contributed by atoms with E-state index in [1.54, 1.807) is 11.3 Å². The second-order valence-electron chi connectivity index (χ2n) is 3.78. The van der Waals surface area contributed by atoms with E-state index in [0.29, 0.717) is 0 Å². The third-order valence-electron chi connectivity index (χ3n) is 2.52. The van der Waals surface area contributed by atoms with Crippen molar-refractivity contribution in [1.82, 2.24) is 10.3 Å². The van der Waals surface area contributed by atoms with Crippen LogP contribution in [0.3, 0.4) is 0 Å². The zero-order valence-corrected chi connectivity index (χ0v) is 11.5. The summed E-state index contributed by atoms with van der Waals surface area (Å²) in [7, 11) is 1.96. The number of benzene rings is 1. The molecule has 1 aromatic heterocycles. The van der Waals surface area contributed by atoms with Crippen molar-refractivity contribution >= 4 is 22.9 Å². The summed E-state index contributed by atoms with van der Waals surface area (Å²) >= 11 is 7.74. The summed E-state index contributed by atoms with van der Waals surface area (Å²) in [5.74, 6) is 0. The molecule has 0 saturated heterocycles. The summed E-state index contributed by atoms with van der Waals surface area (Å²) in [6, 6.07) is 7.85. The molecule has 4 heteroatoms. The van der Waals surface area contributed by atoms with Crippen molar-refractivity contribution in [2.24, 2.45) is 0 Å². The molecule has 1 aromatic carbocycles. The van der Waals surface area contributed by atoms with Gasteiger partial charge in [0.15, 0.2) is 0 Å². The lowest BCUT2D eigenvalue weighted by Crippen LogP contribution is -2.05. The van der Waals surface area contributed by atoms with Gasteiger partial charge in [0, 0.05) is 22.0 Å². The Bertz CT molecular complexity index is 508. The van der Waals surface area contributed by atoms with Gasteiger partial charge in [-0.3, -0.25) is 0 Å². The molecule has 0 spiro atoms. The van der Waals surface area contributed by atoms with Gasteiger partial charge in [-0.05, 0) is 25.6 Å². The van der Waals surface area contributed by atoms with Gasteiger partial charge in [-0.25, -0.2) is 4.98 Å². The molecular weight excluding hydrogens is 252 g/mol. The molecule has 1 heterocycles. The number of thiazole rings is 1. The Morgan fingerprint density at radius 3 is 2.88 bits per heavy atom. The Morgan fingerprint density at radius 2 is 2.24 bits per heavy atom. The Kier molecular flexibility index (Phi) is 4.15. The van der Waals surface area contributed by atoms with Crippen LogP contribution in [0.2, 0.25) is 5.02 Å². The van der Waals surface area contributed by atoms with Crippen LogP contribution in [0.4, 0.5) is 0 Å². The third kappa shape index (κ3) is 2.86. The molecular formula is C13H15ClN2S. The first-order valence-corrected chi connectivity index (χ1v) is 6.83. The average molecular weight is 267 g/mol. The summed E-state index contributed by atoms with van der Waals surface area (Å²) in [4.78, 5) is 5.99. The first-order valence-electron chi connectivity index (χ1n) is 5.63. The minimum Gasteiger partial charge on any atom is -0.315 e. The molecule has 0 aliphatic carbocycles. The minimum absolute atomic E-state index is 0.755. The predicted octanol–water partition coefficient (Wildman–Crippen LogP) is 3.75. The van der Waals surface area contributed by atoms with Crippen molar-refractivity contribution in [3.8, 4) is 10.6 Å². The smallest absolute Gasteiger partial charge is 0.123 e. The number of nitrogens with zero attached hydrogens (tertiary/aromatic N) is 1. The van der Waals surface area contributed by atoms with E-state index in [4.69, 9.17) is 11.6 Å². The van der Waals surface area contributed by atoms with Gasteiger partial charge in [-0.15, -0.1) is 11.3 Å². The van der Waals surface area contributed by atoms with Crippen molar-refractivity contribution in [2.45, 2.75) is 19.9 Å². The van der Waals surface area contributed by atoms with Gasteiger partial charge >= 0.3 is 0 Å². The maximum absolute atomic E-state index is 6.00. The van der Waals surface area contributed by atoms with E-state index >= 15 is 0 Å². The highest BCUT2D eigenvalue weighted by atomic mass is 35.5. The van der Waals surface area contributed by atoms with Gasteiger partial charge < -0.3 is 5.32 Å². The van der Waals surface area contributed by atoms with Gasteiger partial charge in [-0.1, -0.05) is 30.7 Å². The second kappa shape index (κ2) is 5.63. The van der Waals surface area contributed by atoms with E-state index in [1.165, 1.54) is 10.6 Å². The van der Waals surface area contributed by atoms with Crippen LogP contribution in [0, 0.1) is 0 Å². The van der Waals surface area contributed by atoms with E-state index in [0.717, 1.165) is 28.6 Å². The van der Waals surface area contributed by atoms with E-state index in [1.807, 2.05) is 31.3 Å². The number of rotatable bonds is 4. The Labute approximate surface area is 111 Å². The Morgan fingerprint density at radius 1 is 1.41 bits per heavy atom. The van der Waals surface area contributed by atoms with Crippen LogP contribution < -0.4 is 5.32 Å². The topological polar surface area (TPSA) is 24.9 Å². The highest BCUT2D eigenvalue weighted by Crippen LogP contribution is 2.29. The largest absolute Gasteiger partial charge is 0.315 e. The molecule has 0 fully saturated rings. The van der Waals surface area contributed by atoms with Gasteiger partial charge in [0.25, 0.3) is 0 Å². The molecule has 0 aliphatic rings. The summed E-state index contributed by atoms with van der Waals surface area (Å²) in [5, 5.41) is 4.99. The molecule has 17 heavy (non-hydrogen) atoms. The summed E-state index contributed by atoms with van der Waals surface area (Å²) in [5.41, 5.74) is 2.28. The van der Waals surface area contributed by atoms with Crippen LogP contribution in [0.5, 0.6) is 0 Å². The lowest BCUT2D eigenvalue weighted by atomic mass is 10.2. The van der Waals surface area contributed by atoms with Gasteiger partial charge in [-0.2, -0.15) is 0 Å². The SMILES string of the molecule is CCc1nc(-c2cccc(Cl)c2)sc1CNC. The van der Waals surface area contributed by atoms with Crippen molar-refractivity contribution in [2.75, 3.05) is 7.05 Å². The van der Waals surface area contributed by atoms with Crippen LogP contribution in [-0.2, 0) is 13.0 Å². The van der Waals surface area contributed by atoms with Gasteiger partial charge in [0.05, 0.1) is 5.69 Å². The van der Waals surface area contributed by atoms with Crippen LogP contribution >= 0.6 is 22.9 Å². The number of halogens is 1. The molecule has 0 unspecified atom stereocenters. The van der Waals surface area contributed by atoms with E-state index in [9.17, 15) is 0 Å². The monoisotopic (exact) mass is 266 g/mol. The highest BCUT2D eigenvalue weighted by molar-refractivity contribution is 7.15. The average Bonchev–Trinajstić information content (AvgIpc) is 2.73. The Hall–Kier alpha value is -0.900. The molecule has 0 radical (unpaired) electrons. The molecule has 0 atom stereocenters. The minimum atomic E-state index is 0.755. The molecule has 1 N–H and O–H groups in total. The fourth-order valence-corrected chi connectivity index (χ4v) is 3.05. The molecule has 0 bridgehead atoms. The number of aryl methyl sites for hydroxylation is 1. The molecule has 2 rings (SSSR count). The zero-order valence-electron chi connectivity index (χ0n) is 9.96. The van der Waals surface area contributed by atoms with Crippen LogP contribution in [-0.4, -0.2) is 12.0 Å². The lowest BCUT2D eigenvalue weighted by Gasteiger charge is -1.96. The number of nitrogens with one attached hydrogen (secondary N) is 1. The molecule has 0 saturated carbocycles. The normalized spacial score (nSPS) is 10.8. The first-order chi connectivity index (χ1) is 8.24. The summed E-state index contributed by atoms with van der Waals surface area (Å²) < 4.78 is 0. The third-order valence-corrected chi connectivity index (χ3v) is 3.90. The zero-order chi connectivity index (χ0) is 12.3. The van der Waals surface area contributed by atoms with Crippen molar-refractivity contribution in [1.29, 1.82) is 0 Å². The van der Waals surface area contributed by atoms with Crippen molar-refractivity contribution in [3.63, 3.8) is 0 Å². The quantitative estimate of drug-likeness (QED) is 0.912. The fourth-order valence-electron chi connectivity index (χ4n) is 1.70. The van der Waals surface area contributed by atoms with Crippen LogP contribution in [0.15, 0.2) is 24.3 Å². The number of hydrogen-bond acceptors (Lipinski definition) is 3. The van der Waals surface area contributed by atoms with Crippen molar-refractivity contribution in [3.05, 3.63) is 39.9 Å². The van der Waals surface area contributed by atoms with E-state index in [2.05, 4.69) is 17.2 Å². The first kappa shape index (κ1) is 12.6.